The van der Waals surface area contributed by atoms with Gasteiger partial charge in [-0.15, -0.1) is 0 Å². The molecule has 4 rings (SSSR count). The van der Waals surface area contributed by atoms with Crippen molar-refractivity contribution in [2.24, 2.45) is 0 Å². The first-order valence-corrected chi connectivity index (χ1v) is 8.91. The predicted molar refractivity (Wildman–Crippen MR) is 111 cm³/mol. The van der Waals surface area contributed by atoms with Crippen LogP contribution in [0.5, 0.6) is 0 Å². The van der Waals surface area contributed by atoms with Crippen molar-refractivity contribution in [2.45, 2.75) is 13.8 Å². The van der Waals surface area contributed by atoms with Crippen LogP contribution in [0.15, 0.2) is 67.1 Å². The molecule has 4 aromatic rings. The van der Waals surface area contributed by atoms with E-state index in [9.17, 15) is 4.79 Å². The van der Waals surface area contributed by atoms with Crippen molar-refractivity contribution in [2.75, 3.05) is 10.6 Å². The number of carbonyl (C=O) groups is 1. The van der Waals surface area contributed by atoms with Crippen molar-refractivity contribution in [1.29, 1.82) is 0 Å². The molecule has 1 amide bonds. The minimum absolute atomic E-state index is 0.251. The van der Waals surface area contributed by atoms with Gasteiger partial charge in [0.2, 0.25) is 0 Å². The van der Waals surface area contributed by atoms with Crippen molar-refractivity contribution in [1.82, 2.24) is 15.0 Å². The van der Waals surface area contributed by atoms with Crippen LogP contribution in [0.4, 0.5) is 17.2 Å². The second-order valence-electron chi connectivity index (χ2n) is 6.57. The van der Waals surface area contributed by atoms with E-state index < -0.39 is 0 Å². The summed E-state index contributed by atoms with van der Waals surface area (Å²) in [5, 5.41) is 7.12. The lowest BCUT2D eigenvalue weighted by atomic mass is 10.1. The summed E-state index contributed by atoms with van der Waals surface area (Å²) in [5.74, 6) is 0.249. The number of hydrogen-bond acceptors (Lipinski definition) is 5. The minimum atomic E-state index is -0.294. The quantitative estimate of drug-likeness (QED) is 0.548. The molecule has 0 aliphatic heterocycles. The highest BCUT2D eigenvalue weighted by atomic mass is 16.1. The summed E-state index contributed by atoms with van der Waals surface area (Å²) < 4.78 is 0. The molecule has 6 nitrogen and oxygen atoms in total. The summed E-state index contributed by atoms with van der Waals surface area (Å²) >= 11 is 0. The van der Waals surface area contributed by atoms with Gasteiger partial charge in [0.05, 0.1) is 23.6 Å². The molecular formula is C22H19N5O. The van der Waals surface area contributed by atoms with Crippen LogP contribution in [0.2, 0.25) is 0 Å². The highest BCUT2D eigenvalue weighted by Crippen LogP contribution is 2.23. The van der Waals surface area contributed by atoms with E-state index in [0.29, 0.717) is 5.82 Å². The third-order valence-electron chi connectivity index (χ3n) is 4.41. The molecule has 2 heterocycles. The standard InChI is InChI=1S/C22H19N5O/c1-14-8-9-17(15(2)11-14)27-22(28)19-12-25-20(13-24-19)26-18-7-3-5-16-6-4-10-23-21(16)18/h3-13H,1-2H3,(H,25,26)(H,27,28). The van der Waals surface area contributed by atoms with E-state index >= 15 is 0 Å². The predicted octanol–water partition coefficient (Wildman–Crippen LogP) is 4.64. The Morgan fingerprint density at radius 3 is 2.54 bits per heavy atom. The second kappa shape index (κ2) is 7.44. The van der Waals surface area contributed by atoms with E-state index in [1.54, 1.807) is 12.4 Å². The number of pyridine rings is 1. The second-order valence-corrected chi connectivity index (χ2v) is 6.57. The Bertz CT molecular complexity index is 1150. The average Bonchev–Trinajstić information content (AvgIpc) is 2.71. The molecule has 0 unspecified atom stereocenters. The maximum Gasteiger partial charge on any atom is 0.275 e. The molecule has 0 saturated heterocycles. The number of anilines is 3. The molecule has 0 aliphatic rings. The van der Waals surface area contributed by atoms with Crippen LogP contribution in [0.1, 0.15) is 21.6 Å². The zero-order valence-corrected chi connectivity index (χ0v) is 15.6. The number of para-hydroxylation sites is 1. The normalized spacial score (nSPS) is 10.6. The number of aryl methyl sites for hydroxylation is 2. The largest absolute Gasteiger partial charge is 0.337 e. The molecule has 0 bridgehead atoms. The summed E-state index contributed by atoms with van der Waals surface area (Å²) in [6.45, 7) is 3.97. The Balaban J connectivity index is 1.51. The Hall–Kier alpha value is -3.80. The molecule has 0 spiro atoms. The molecule has 138 valence electrons. The number of nitrogens with one attached hydrogen (secondary N) is 2. The van der Waals surface area contributed by atoms with Crippen LogP contribution in [0, 0.1) is 13.8 Å². The smallest absolute Gasteiger partial charge is 0.275 e. The zero-order valence-electron chi connectivity index (χ0n) is 15.6. The van der Waals surface area contributed by atoms with Gasteiger partial charge in [0.25, 0.3) is 5.91 Å². The summed E-state index contributed by atoms with van der Waals surface area (Å²) in [7, 11) is 0. The van der Waals surface area contributed by atoms with Gasteiger partial charge in [-0.3, -0.25) is 9.78 Å². The third kappa shape index (κ3) is 3.66. The van der Waals surface area contributed by atoms with Gasteiger partial charge < -0.3 is 10.6 Å². The lowest BCUT2D eigenvalue weighted by Crippen LogP contribution is -2.15. The Morgan fingerprint density at radius 1 is 0.893 bits per heavy atom. The summed E-state index contributed by atoms with van der Waals surface area (Å²) in [4.78, 5) is 25.4. The number of benzene rings is 2. The molecule has 2 aromatic carbocycles. The zero-order chi connectivity index (χ0) is 19.5. The highest BCUT2D eigenvalue weighted by Gasteiger charge is 2.11. The Kier molecular flexibility index (Phi) is 4.68. The molecule has 2 N–H and O–H groups in total. The van der Waals surface area contributed by atoms with Gasteiger partial charge in [-0.25, -0.2) is 9.97 Å². The average molecular weight is 369 g/mol. The molecule has 2 aromatic heterocycles. The first-order valence-electron chi connectivity index (χ1n) is 8.91. The van der Waals surface area contributed by atoms with E-state index in [2.05, 4.69) is 25.6 Å². The fraction of sp³-hybridized carbons (Fsp3) is 0.0909. The fourth-order valence-corrected chi connectivity index (χ4v) is 2.99. The third-order valence-corrected chi connectivity index (χ3v) is 4.41. The van der Waals surface area contributed by atoms with Crippen LogP contribution in [-0.4, -0.2) is 20.9 Å². The summed E-state index contributed by atoms with van der Waals surface area (Å²) in [6.07, 6.45) is 4.75. The topological polar surface area (TPSA) is 79.8 Å². The van der Waals surface area contributed by atoms with Crippen molar-refractivity contribution in [3.8, 4) is 0 Å². The summed E-state index contributed by atoms with van der Waals surface area (Å²) in [6, 6.07) is 15.6. The number of carbonyl (C=O) groups excluding carboxylic acids is 1. The molecule has 6 heteroatoms. The van der Waals surface area contributed by atoms with E-state index in [1.807, 2.05) is 62.4 Å². The number of rotatable bonds is 4. The summed E-state index contributed by atoms with van der Waals surface area (Å²) in [5.41, 5.74) is 4.85. The molecule has 0 aliphatic carbocycles. The van der Waals surface area contributed by atoms with Gasteiger partial charge in [0, 0.05) is 17.3 Å². The van der Waals surface area contributed by atoms with Crippen LogP contribution in [-0.2, 0) is 0 Å². The lowest BCUT2D eigenvalue weighted by Gasteiger charge is -2.10. The monoisotopic (exact) mass is 369 g/mol. The van der Waals surface area contributed by atoms with E-state index in [-0.39, 0.29) is 11.6 Å². The minimum Gasteiger partial charge on any atom is -0.337 e. The number of fused-ring (bicyclic) bond motifs is 1. The molecular weight excluding hydrogens is 350 g/mol. The van der Waals surface area contributed by atoms with E-state index in [0.717, 1.165) is 33.4 Å². The Labute approximate surface area is 162 Å². The fourth-order valence-electron chi connectivity index (χ4n) is 2.99. The molecule has 0 radical (unpaired) electrons. The molecule has 0 fully saturated rings. The SMILES string of the molecule is Cc1ccc(NC(=O)c2cnc(Nc3cccc4cccnc34)cn2)c(C)c1. The van der Waals surface area contributed by atoms with E-state index in [1.165, 1.54) is 6.20 Å². The highest BCUT2D eigenvalue weighted by molar-refractivity contribution is 6.03. The first-order chi connectivity index (χ1) is 13.6. The molecule has 28 heavy (non-hydrogen) atoms. The number of amides is 1. The van der Waals surface area contributed by atoms with Gasteiger partial charge in [-0.2, -0.15) is 0 Å². The first kappa shape index (κ1) is 17.6. The van der Waals surface area contributed by atoms with Gasteiger partial charge in [-0.1, -0.05) is 35.9 Å². The maximum absolute atomic E-state index is 12.5. The van der Waals surface area contributed by atoms with Crippen LogP contribution >= 0.6 is 0 Å². The van der Waals surface area contributed by atoms with Crippen LogP contribution in [0.3, 0.4) is 0 Å². The Morgan fingerprint density at radius 2 is 1.75 bits per heavy atom. The van der Waals surface area contributed by atoms with Crippen molar-refractivity contribution >= 4 is 34.0 Å². The number of aromatic nitrogens is 3. The lowest BCUT2D eigenvalue weighted by molar-refractivity contribution is 0.102. The van der Waals surface area contributed by atoms with Crippen LogP contribution < -0.4 is 10.6 Å². The van der Waals surface area contributed by atoms with Crippen molar-refractivity contribution in [3.63, 3.8) is 0 Å². The van der Waals surface area contributed by atoms with Crippen LogP contribution in [0.25, 0.3) is 10.9 Å². The van der Waals surface area contributed by atoms with Gasteiger partial charge >= 0.3 is 0 Å². The van der Waals surface area contributed by atoms with E-state index in [4.69, 9.17) is 0 Å². The molecule has 0 atom stereocenters. The molecule has 0 saturated carbocycles. The van der Waals surface area contributed by atoms with Gasteiger partial charge in [-0.05, 0) is 37.6 Å². The van der Waals surface area contributed by atoms with Gasteiger partial charge in [0.1, 0.15) is 11.5 Å². The van der Waals surface area contributed by atoms with Crippen molar-refractivity contribution < 1.29 is 4.79 Å². The number of hydrogen-bond donors (Lipinski definition) is 2. The number of nitrogens with zero attached hydrogens (tertiary/aromatic N) is 3. The van der Waals surface area contributed by atoms with Crippen molar-refractivity contribution in [3.05, 3.63) is 83.9 Å². The van der Waals surface area contributed by atoms with Gasteiger partial charge in [0.15, 0.2) is 0 Å². The maximum atomic E-state index is 12.5.